The third-order valence-electron chi connectivity index (χ3n) is 1.83. The number of thiocarbonyl (C=S) groups is 1. The number of hydrazone groups is 1. The molecule has 6 heteroatoms. The Labute approximate surface area is 81.7 Å². The summed E-state index contributed by atoms with van der Waals surface area (Å²) in [5, 5.41) is 15.9. The average Bonchev–Trinajstić information content (AvgIpc) is 2.15. The van der Waals surface area contributed by atoms with Crippen molar-refractivity contribution >= 4 is 28.8 Å². The van der Waals surface area contributed by atoms with Crippen molar-refractivity contribution in [2.24, 2.45) is 16.0 Å². The standard InChI is InChI=1S/C7H12N4OS/c8-7(13)10-9-5-3-1-2-4-6(5)11-12/h12H,1-4H2,(H3,8,10,13)/b9-5-,11-6+. The average molecular weight is 200 g/mol. The van der Waals surface area contributed by atoms with E-state index in [0.717, 1.165) is 31.4 Å². The molecule has 1 saturated carbocycles. The highest BCUT2D eigenvalue weighted by Gasteiger charge is 2.15. The Balaban J connectivity index is 2.64. The van der Waals surface area contributed by atoms with E-state index < -0.39 is 0 Å². The van der Waals surface area contributed by atoms with Gasteiger partial charge in [-0.2, -0.15) is 5.10 Å². The second kappa shape index (κ2) is 4.76. The fraction of sp³-hybridized carbons (Fsp3) is 0.571. The number of hydrogen-bond acceptors (Lipinski definition) is 4. The monoisotopic (exact) mass is 200 g/mol. The van der Waals surface area contributed by atoms with Crippen LogP contribution in [0, 0.1) is 0 Å². The van der Waals surface area contributed by atoms with Crippen molar-refractivity contribution < 1.29 is 5.21 Å². The predicted molar refractivity (Wildman–Crippen MR) is 55.0 cm³/mol. The molecule has 0 atom stereocenters. The van der Waals surface area contributed by atoms with E-state index in [1.54, 1.807) is 0 Å². The fourth-order valence-electron chi connectivity index (χ4n) is 1.22. The molecule has 0 aromatic carbocycles. The highest BCUT2D eigenvalue weighted by molar-refractivity contribution is 7.80. The zero-order valence-corrected chi connectivity index (χ0v) is 7.97. The van der Waals surface area contributed by atoms with Crippen molar-refractivity contribution in [1.29, 1.82) is 0 Å². The third kappa shape index (κ3) is 2.98. The quantitative estimate of drug-likeness (QED) is 0.328. The molecular formula is C7H12N4OS. The lowest BCUT2D eigenvalue weighted by molar-refractivity contribution is 0.318. The Hall–Kier alpha value is -1.17. The lowest BCUT2D eigenvalue weighted by Crippen LogP contribution is -2.28. The minimum Gasteiger partial charge on any atom is -0.411 e. The van der Waals surface area contributed by atoms with Crippen LogP contribution < -0.4 is 11.2 Å². The van der Waals surface area contributed by atoms with Crippen LogP contribution in [0.4, 0.5) is 0 Å². The summed E-state index contributed by atoms with van der Waals surface area (Å²) < 4.78 is 0. The number of rotatable bonds is 1. The summed E-state index contributed by atoms with van der Waals surface area (Å²) in [6.45, 7) is 0. The summed E-state index contributed by atoms with van der Waals surface area (Å²) >= 11 is 4.60. The van der Waals surface area contributed by atoms with Crippen LogP contribution in [-0.4, -0.2) is 21.7 Å². The summed E-state index contributed by atoms with van der Waals surface area (Å²) in [7, 11) is 0. The first kappa shape index (κ1) is 9.91. The molecule has 0 heterocycles. The normalized spacial score (nSPS) is 23.4. The smallest absolute Gasteiger partial charge is 0.184 e. The van der Waals surface area contributed by atoms with Crippen LogP contribution in [0.3, 0.4) is 0 Å². The Morgan fingerprint density at radius 2 is 2.00 bits per heavy atom. The maximum Gasteiger partial charge on any atom is 0.184 e. The summed E-state index contributed by atoms with van der Waals surface area (Å²) in [5.74, 6) is 0. The topological polar surface area (TPSA) is 83.0 Å². The van der Waals surface area contributed by atoms with Gasteiger partial charge >= 0.3 is 0 Å². The SMILES string of the molecule is NC(=S)N/N=C1/CCCC/C1=N\O. The van der Waals surface area contributed by atoms with Gasteiger partial charge in [-0.3, -0.25) is 5.43 Å². The van der Waals surface area contributed by atoms with Crippen molar-refractivity contribution in [3.63, 3.8) is 0 Å². The van der Waals surface area contributed by atoms with Crippen LogP contribution in [0.1, 0.15) is 25.7 Å². The van der Waals surface area contributed by atoms with Crippen LogP contribution in [0.15, 0.2) is 10.3 Å². The first-order valence-electron chi connectivity index (χ1n) is 4.07. The van der Waals surface area contributed by atoms with Crippen molar-refractivity contribution in [1.82, 2.24) is 5.43 Å². The lowest BCUT2D eigenvalue weighted by atomic mass is 9.97. The summed E-state index contributed by atoms with van der Waals surface area (Å²) in [6, 6.07) is 0. The van der Waals surface area contributed by atoms with Crippen LogP contribution in [0.25, 0.3) is 0 Å². The van der Waals surface area contributed by atoms with Gasteiger partial charge in [0.15, 0.2) is 5.11 Å². The molecule has 1 rings (SSSR count). The Morgan fingerprint density at radius 1 is 1.38 bits per heavy atom. The van der Waals surface area contributed by atoms with E-state index in [0.29, 0.717) is 5.71 Å². The van der Waals surface area contributed by atoms with Crippen molar-refractivity contribution in [2.45, 2.75) is 25.7 Å². The number of nitrogens with two attached hydrogens (primary N) is 1. The predicted octanol–water partition coefficient (Wildman–Crippen LogP) is 0.580. The van der Waals surface area contributed by atoms with E-state index >= 15 is 0 Å². The van der Waals surface area contributed by atoms with Crippen LogP contribution in [-0.2, 0) is 0 Å². The van der Waals surface area contributed by atoms with Gasteiger partial charge in [-0.15, -0.1) is 0 Å². The van der Waals surface area contributed by atoms with Gasteiger partial charge in [0.05, 0.1) is 5.71 Å². The molecule has 0 spiro atoms. The van der Waals surface area contributed by atoms with Gasteiger partial charge in [-0.25, -0.2) is 0 Å². The summed E-state index contributed by atoms with van der Waals surface area (Å²) in [6.07, 6.45) is 3.64. The minimum atomic E-state index is 0.121. The van der Waals surface area contributed by atoms with Gasteiger partial charge < -0.3 is 10.9 Å². The Morgan fingerprint density at radius 3 is 2.54 bits per heavy atom. The van der Waals surface area contributed by atoms with E-state index in [-0.39, 0.29) is 5.11 Å². The van der Waals surface area contributed by atoms with Gasteiger partial charge in [0.25, 0.3) is 0 Å². The molecule has 13 heavy (non-hydrogen) atoms. The molecule has 1 aliphatic rings. The molecule has 0 aromatic rings. The molecule has 1 fully saturated rings. The fourth-order valence-corrected chi connectivity index (χ4v) is 1.27. The number of nitrogens with zero attached hydrogens (tertiary/aromatic N) is 2. The first-order valence-corrected chi connectivity index (χ1v) is 4.48. The van der Waals surface area contributed by atoms with E-state index in [4.69, 9.17) is 10.9 Å². The van der Waals surface area contributed by atoms with E-state index in [9.17, 15) is 0 Å². The van der Waals surface area contributed by atoms with Crippen LogP contribution in [0.2, 0.25) is 0 Å². The molecule has 0 amide bonds. The zero-order valence-electron chi connectivity index (χ0n) is 7.16. The highest BCUT2D eigenvalue weighted by Crippen LogP contribution is 2.12. The maximum absolute atomic E-state index is 8.64. The van der Waals surface area contributed by atoms with E-state index in [1.807, 2.05) is 0 Å². The minimum absolute atomic E-state index is 0.121. The molecule has 4 N–H and O–H groups in total. The number of hydrogen-bond donors (Lipinski definition) is 3. The molecule has 1 aliphatic carbocycles. The second-order valence-electron chi connectivity index (χ2n) is 2.79. The Kier molecular flexibility index (Phi) is 3.63. The van der Waals surface area contributed by atoms with Crippen molar-refractivity contribution in [3.05, 3.63) is 0 Å². The van der Waals surface area contributed by atoms with Gasteiger partial charge in [-0.05, 0) is 37.9 Å². The molecule has 0 saturated heterocycles. The van der Waals surface area contributed by atoms with Gasteiger partial charge in [0, 0.05) is 0 Å². The largest absolute Gasteiger partial charge is 0.411 e. The molecule has 0 aliphatic heterocycles. The second-order valence-corrected chi connectivity index (χ2v) is 3.23. The van der Waals surface area contributed by atoms with Gasteiger partial charge in [0.1, 0.15) is 5.71 Å². The van der Waals surface area contributed by atoms with E-state index in [1.165, 1.54) is 0 Å². The van der Waals surface area contributed by atoms with Crippen molar-refractivity contribution in [2.75, 3.05) is 0 Å². The van der Waals surface area contributed by atoms with Gasteiger partial charge in [-0.1, -0.05) is 5.16 Å². The molecular weight excluding hydrogens is 188 g/mol. The molecule has 5 nitrogen and oxygen atoms in total. The maximum atomic E-state index is 8.64. The molecule has 0 aromatic heterocycles. The van der Waals surface area contributed by atoms with Crippen LogP contribution in [0.5, 0.6) is 0 Å². The molecule has 72 valence electrons. The van der Waals surface area contributed by atoms with Crippen molar-refractivity contribution in [3.8, 4) is 0 Å². The Bertz CT molecular complexity index is 261. The lowest BCUT2D eigenvalue weighted by Gasteiger charge is -2.13. The highest BCUT2D eigenvalue weighted by atomic mass is 32.1. The number of oxime groups is 1. The zero-order chi connectivity index (χ0) is 9.68. The van der Waals surface area contributed by atoms with Gasteiger partial charge in [0.2, 0.25) is 0 Å². The number of nitrogens with one attached hydrogen (secondary N) is 1. The molecule has 0 bridgehead atoms. The summed E-state index contributed by atoms with van der Waals surface area (Å²) in [4.78, 5) is 0. The molecule has 0 unspecified atom stereocenters. The van der Waals surface area contributed by atoms with Crippen LogP contribution >= 0.6 is 12.2 Å². The van der Waals surface area contributed by atoms with E-state index in [2.05, 4.69) is 27.9 Å². The third-order valence-corrected chi connectivity index (χ3v) is 1.92. The first-order chi connectivity index (χ1) is 6.24. The summed E-state index contributed by atoms with van der Waals surface area (Å²) in [5.41, 5.74) is 9.05. The molecule has 0 radical (unpaired) electrons.